The molecule has 0 radical (unpaired) electrons. The van der Waals surface area contributed by atoms with Gasteiger partial charge in [-0.1, -0.05) is 42.5 Å². The van der Waals surface area contributed by atoms with Gasteiger partial charge in [0.1, 0.15) is 5.75 Å². The number of benzene rings is 3. The Morgan fingerprint density at radius 1 is 0.767 bits per heavy atom. The summed E-state index contributed by atoms with van der Waals surface area (Å²) in [6.45, 7) is 0. The minimum atomic E-state index is -1.03. The number of phenolic OH excluding ortho intramolecular Hbond substituents is 1. The van der Waals surface area contributed by atoms with Crippen molar-refractivity contribution in [1.82, 2.24) is 5.43 Å². The number of anilines is 2. The quantitative estimate of drug-likeness (QED) is 0.298. The van der Waals surface area contributed by atoms with Gasteiger partial charge in [-0.2, -0.15) is 5.10 Å². The Hall–Kier alpha value is -4.46. The highest BCUT2D eigenvalue weighted by molar-refractivity contribution is 6.40. The van der Waals surface area contributed by atoms with Crippen molar-refractivity contribution in [2.24, 2.45) is 5.10 Å². The van der Waals surface area contributed by atoms with Crippen LogP contribution in [0.4, 0.5) is 11.4 Å². The predicted octanol–water partition coefficient (Wildman–Crippen LogP) is 2.73. The van der Waals surface area contributed by atoms with E-state index in [1.807, 2.05) is 6.07 Å². The van der Waals surface area contributed by atoms with Gasteiger partial charge in [0, 0.05) is 11.3 Å². The van der Waals surface area contributed by atoms with Gasteiger partial charge in [-0.15, -0.1) is 0 Å². The SMILES string of the molecule is O=C(N/N=C\c1ccccc1O)C(=O)Nc1ccccc1C(=O)Nc1ccccc1. The monoisotopic (exact) mass is 402 g/mol. The summed E-state index contributed by atoms with van der Waals surface area (Å²) in [4.78, 5) is 36.7. The van der Waals surface area contributed by atoms with Gasteiger partial charge in [0.05, 0.1) is 17.5 Å². The number of amides is 3. The van der Waals surface area contributed by atoms with Gasteiger partial charge < -0.3 is 15.7 Å². The lowest BCUT2D eigenvalue weighted by molar-refractivity contribution is -0.136. The van der Waals surface area contributed by atoms with Crippen LogP contribution in [-0.2, 0) is 9.59 Å². The predicted molar refractivity (Wildman–Crippen MR) is 113 cm³/mol. The van der Waals surface area contributed by atoms with Crippen molar-refractivity contribution in [2.45, 2.75) is 0 Å². The van der Waals surface area contributed by atoms with Gasteiger partial charge in [0.25, 0.3) is 5.91 Å². The van der Waals surface area contributed by atoms with Crippen LogP contribution in [0.15, 0.2) is 84.0 Å². The number of para-hydroxylation sites is 3. The van der Waals surface area contributed by atoms with Crippen LogP contribution in [0, 0.1) is 0 Å². The first-order valence-electron chi connectivity index (χ1n) is 8.92. The Bertz CT molecular complexity index is 1100. The topological polar surface area (TPSA) is 120 Å². The lowest BCUT2D eigenvalue weighted by atomic mass is 10.1. The Morgan fingerprint density at radius 2 is 1.43 bits per heavy atom. The standard InChI is InChI=1S/C22H18N4O4/c27-19-13-7-4-8-15(19)14-23-26-22(30)21(29)25-18-12-6-5-11-17(18)20(28)24-16-9-2-1-3-10-16/h1-14,27H,(H,24,28)(H,25,29)(H,26,30)/b23-14-. The summed E-state index contributed by atoms with van der Waals surface area (Å²) in [5, 5.41) is 18.4. The number of hydrogen-bond donors (Lipinski definition) is 4. The summed E-state index contributed by atoms with van der Waals surface area (Å²) in [6.07, 6.45) is 1.21. The number of phenols is 1. The first-order valence-corrected chi connectivity index (χ1v) is 8.92. The fraction of sp³-hybridized carbons (Fsp3) is 0. The molecule has 150 valence electrons. The van der Waals surface area contributed by atoms with Crippen LogP contribution in [0.1, 0.15) is 15.9 Å². The Kier molecular flexibility index (Phi) is 6.52. The number of aromatic hydroxyl groups is 1. The molecule has 0 aromatic heterocycles. The summed E-state index contributed by atoms with van der Waals surface area (Å²) in [7, 11) is 0. The molecule has 3 rings (SSSR count). The summed E-state index contributed by atoms with van der Waals surface area (Å²) in [5.41, 5.74) is 3.42. The molecule has 0 saturated carbocycles. The van der Waals surface area contributed by atoms with Crippen molar-refractivity contribution in [2.75, 3.05) is 10.6 Å². The minimum absolute atomic E-state index is 0.0155. The molecule has 0 saturated heterocycles. The number of hydrazone groups is 1. The fourth-order valence-corrected chi connectivity index (χ4v) is 2.50. The van der Waals surface area contributed by atoms with Crippen LogP contribution >= 0.6 is 0 Å². The van der Waals surface area contributed by atoms with Gasteiger partial charge in [-0.25, -0.2) is 5.43 Å². The summed E-state index contributed by atoms with van der Waals surface area (Å²) in [5.74, 6) is -2.47. The van der Waals surface area contributed by atoms with Gasteiger partial charge >= 0.3 is 11.8 Å². The number of rotatable bonds is 5. The minimum Gasteiger partial charge on any atom is -0.507 e. The molecule has 3 aromatic rings. The molecule has 0 atom stereocenters. The van der Waals surface area contributed by atoms with Gasteiger partial charge in [0.2, 0.25) is 0 Å². The number of nitrogens with one attached hydrogen (secondary N) is 3. The average molecular weight is 402 g/mol. The van der Waals surface area contributed by atoms with E-state index in [4.69, 9.17) is 0 Å². The van der Waals surface area contributed by atoms with E-state index in [1.54, 1.807) is 54.6 Å². The molecule has 0 unspecified atom stereocenters. The molecule has 0 fully saturated rings. The fourth-order valence-electron chi connectivity index (χ4n) is 2.50. The van der Waals surface area contributed by atoms with Crippen molar-refractivity contribution in [3.05, 3.63) is 90.0 Å². The van der Waals surface area contributed by atoms with Crippen molar-refractivity contribution in [3.63, 3.8) is 0 Å². The van der Waals surface area contributed by atoms with E-state index in [9.17, 15) is 19.5 Å². The molecule has 3 aromatic carbocycles. The molecule has 0 aliphatic rings. The van der Waals surface area contributed by atoms with Crippen LogP contribution in [-0.4, -0.2) is 29.0 Å². The molecule has 30 heavy (non-hydrogen) atoms. The van der Waals surface area contributed by atoms with Crippen LogP contribution in [0.25, 0.3) is 0 Å². The molecule has 8 heteroatoms. The summed E-state index contributed by atoms with van der Waals surface area (Å²) < 4.78 is 0. The van der Waals surface area contributed by atoms with E-state index in [0.29, 0.717) is 11.3 Å². The Labute approximate surface area is 172 Å². The molecule has 0 aliphatic heterocycles. The highest BCUT2D eigenvalue weighted by atomic mass is 16.3. The smallest absolute Gasteiger partial charge is 0.329 e. The van der Waals surface area contributed by atoms with Crippen LogP contribution in [0.5, 0.6) is 5.75 Å². The molecule has 0 spiro atoms. The zero-order valence-electron chi connectivity index (χ0n) is 15.7. The second-order valence-electron chi connectivity index (χ2n) is 6.08. The molecule has 0 bridgehead atoms. The molecular weight excluding hydrogens is 384 g/mol. The maximum Gasteiger partial charge on any atom is 0.329 e. The van der Waals surface area contributed by atoms with E-state index in [-0.39, 0.29) is 17.0 Å². The number of nitrogens with zero attached hydrogens (tertiary/aromatic N) is 1. The highest BCUT2D eigenvalue weighted by Gasteiger charge is 2.17. The molecule has 3 amide bonds. The lowest BCUT2D eigenvalue weighted by Crippen LogP contribution is -2.33. The largest absolute Gasteiger partial charge is 0.507 e. The van der Waals surface area contributed by atoms with Gasteiger partial charge in [-0.05, 0) is 36.4 Å². The summed E-state index contributed by atoms with van der Waals surface area (Å²) in [6, 6.07) is 21.5. The Morgan fingerprint density at radius 3 is 2.20 bits per heavy atom. The van der Waals surface area contributed by atoms with Crippen LogP contribution in [0.3, 0.4) is 0 Å². The molecular formula is C22H18N4O4. The maximum atomic E-state index is 12.5. The molecule has 0 aliphatic carbocycles. The van der Waals surface area contributed by atoms with Crippen molar-refractivity contribution >= 4 is 35.3 Å². The first-order chi connectivity index (χ1) is 14.5. The van der Waals surface area contributed by atoms with E-state index in [0.717, 1.165) is 0 Å². The van der Waals surface area contributed by atoms with E-state index >= 15 is 0 Å². The normalized spacial score (nSPS) is 10.4. The molecule has 4 N–H and O–H groups in total. The van der Waals surface area contributed by atoms with Crippen molar-refractivity contribution < 1.29 is 19.5 Å². The molecule has 8 nitrogen and oxygen atoms in total. The average Bonchev–Trinajstić information content (AvgIpc) is 2.76. The van der Waals surface area contributed by atoms with Crippen molar-refractivity contribution in [1.29, 1.82) is 0 Å². The third-order valence-corrected chi connectivity index (χ3v) is 3.96. The third-order valence-electron chi connectivity index (χ3n) is 3.96. The zero-order valence-corrected chi connectivity index (χ0v) is 15.7. The summed E-state index contributed by atoms with van der Waals surface area (Å²) >= 11 is 0. The number of hydrogen-bond acceptors (Lipinski definition) is 5. The third kappa shape index (κ3) is 5.29. The number of carbonyl (C=O) groups is 3. The lowest BCUT2D eigenvalue weighted by Gasteiger charge is -2.11. The first kappa shape index (κ1) is 20.3. The second-order valence-corrected chi connectivity index (χ2v) is 6.08. The van der Waals surface area contributed by atoms with Gasteiger partial charge in [-0.3, -0.25) is 14.4 Å². The van der Waals surface area contributed by atoms with Crippen LogP contribution < -0.4 is 16.1 Å². The zero-order chi connectivity index (χ0) is 21.3. The van der Waals surface area contributed by atoms with Crippen LogP contribution in [0.2, 0.25) is 0 Å². The van der Waals surface area contributed by atoms with E-state index in [1.165, 1.54) is 24.4 Å². The van der Waals surface area contributed by atoms with Crippen molar-refractivity contribution in [3.8, 4) is 5.75 Å². The van der Waals surface area contributed by atoms with E-state index < -0.39 is 17.7 Å². The maximum absolute atomic E-state index is 12.5. The Balaban J connectivity index is 1.64. The molecule has 0 heterocycles. The number of carbonyl (C=O) groups excluding carboxylic acids is 3. The van der Waals surface area contributed by atoms with Gasteiger partial charge in [0.15, 0.2) is 0 Å². The second kappa shape index (κ2) is 9.65. The highest BCUT2D eigenvalue weighted by Crippen LogP contribution is 2.17. The van der Waals surface area contributed by atoms with E-state index in [2.05, 4.69) is 21.2 Å².